The van der Waals surface area contributed by atoms with Gasteiger partial charge >= 0.3 is 0 Å². The molecule has 0 aromatic carbocycles. The largest absolute Gasteiger partial charge is 0.307 e. The lowest BCUT2D eigenvalue weighted by Crippen LogP contribution is -2.08. The van der Waals surface area contributed by atoms with Crippen molar-refractivity contribution in [3.05, 3.63) is 17.3 Å². The summed E-state index contributed by atoms with van der Waals surface area (Å²) in [5.74, 6) is 5.98. The van der Waals surface area contributed by atoms with Gasteiger partial charge in [0.05, 0.1) is 10.2 Å². The maximum atomic E-state index is 5.29. The third-order valence-corrected chi connectivity index (χ3v) is 2.76. The van der Waals surface area contributed by atoms with Gasteiger partial charge in [-0.25, -0.2) is 15.8 Å². The quantitative estimate of drug-likeness (QED) is 0.563. The van der Waals surface area contributed by atoms with Crippen molar-refractivity contribution >= 4 is 39.8 Å². The van der Waals surface area contributed by atoms with Gasteiger partial charge in [-0.15, -0.1) is 23.7 Å². The molecule has 0 radical (unpaired) electrons. The fraction of sp³-hybridized carbons (Fsp3) is 0.143. The summed E-state index contributed by atoms with van der Waals surface area (Å²) in [6, 6.07) is 0. The minimum Gasteiger partial charge on any atom is -0.307 e. The second kappa shape index (κ2) is 3.87. The first-order valence-electron chi connectivity index (χ1n) is 3.48. The molecular formula is C7H9ClN4S. The molecule has 0 aliphatic carbocycles. The highest BCUT2D eigenvalue weighted by atomic mass is 35.5. The molecule has 2 rings (SSSR count). The number of hydrazine groups is 1. The normalized spacial score (nSPS) is 9.69. The number of hydrogen-bond donors (Lipinski definition) is 2. The highest BCUT2D eigenvalue weighted by molar-refractivity contribution is 7.17. The Kier molecular flexibility index (Phi) is 3.02. The summed E-state index contributed by atoms with van der Waals surface area (Å²) in [5.41, 5.74) is 4.68. The number of halogens is 1. The lowest BCUT2D eigenvalue weighted by Gasteiger charge is -1.98. The van der Waals surface area contributed by atoms with E-state index in [0.29, 0.717) is 5.82 Å². The van der Waals surface area contributed by atoms with Crippen molar-refractivity contribution in [2.75, 3.05) is 5.43 Å². The van der Waals surface area contributed by atoms with Crippen LogP contribution in [0.3, 0.4) is 0 Å². The summed E-state index contributed by atoms with van der Waals surface area (Å²) in [4.78, 5) is 8.16. The molecule has 0 fully saturated rings. The molecular weight excluding hydrogens is 208 g/mol. The molecule has 6 heteroatoms. The van der Waals surface area contributed by atoms with E-state index in [-0.39, 0.29) is 12.4 Å². The molecule has 4 nitrogen and oxygen atoms in total. The molecule has 0 amide bonds. The molecule has 3 N–H and O–H groups in total. The van der Waals surface area contributed by atoms with E-state index < -0.39 is 0 Å². The van der Waals surface area contributed by atoms with Gasteiger partial charge in [-0.05, 0) is 17.9 Å². The summed E-state index contributed by atoms with van der Waals surface area (Å²) < 4.78 is 1.01. The Bertz CT molecular complexity index is 414. The number of thiophene rings is 1. The van der Waals surface area contributed by atoms with Gasteiger partial charge in [-0.2, -0.15) is 0 Å². The predicted octanol–water partition coefficient (Wildman–Crippen LogP) is 1.71. The van der Waals surface area contributed by atoms with Gasteiger partial charge < -0.3 is 5.43 Å². The smallest absolute Gasteiger partial charge is 0.161 e. The molecule has 2 aromatic rings. The van der Waals surface area contributed by atoms with Gasteiger partial charge in [0, 0.05) is 0 Å². The highest BCUT2D eigenvalue weighted by Gasteiger charge is 2.05. The van der Waals surface area contributed by atoms with Gasteiger partial charge in [0.15, 0.2) is 5.82 Å². The third kappa shape index (κ3) is 1.58. The van der Waals surface area contributed by atoms with Crippen LogP contribution in [0.2, 0.25) is 0 Å². The van der Waals surface area contributed by atoms with Gasteiger partial charge in [0.1, 0.15) is 6.33 Å². The van der Waals surface area contributed by atoms with E-state index in [2.05, 4.69) is 15.4 Å². The Balaban J connectivity index is 0.000000845. The van der Waals surface area contributed by atoms with Crippen LogP contribution >= 0.6 is 23.7 Å². The van der Waals surface area contributed by atoms with Crippen LogP contribution in [-0.4, -0.2) is 9.97 Å². The van der Waals surface area contributed by atoms with Crippen molar-refractivity contribution in [2.24, 2.45) is 5.84 Å². The molecule has 0 saturated carbocycles. The number of rotatable bonds is 1. The van der Waals surface area contributed by atoms with E-state index >= 15 is 0 Å². The molecule has 0 atom stereocenters. The second-order valence-corrected chi connectivity index (χ2v) is 3.34. The van der Waals surface area contributed by atoms with Crippen LogP contribution in [0.15, 0.2) is 11.7 Å². The topological polar surface area (TPSA) is 63.8 Å². The first kappa shape index (κ1) is 10.2. The fourth-order valence-corrected chi connectivity index (χ4v) is 2.03. The molecule has 0 saturated heterocycles. The zero-order valence-electron chi connectivity index (χ0n) is 6.94. The Morgan fingerprint density at radius 1 is 1.46 bits per heavy atom. The third-order valence-electron chi connectivity index (χ3n) is 1.67. The van der Waals surface area contributed by atoms with E-state index in [1.54, 1.807) is 11.3 Å². The van der Waals surface area contributed by atoms with Crippen molar-refractivity contribution in [3.63, 3.8) is 0 Å². The first-order chi connectivity index (χ1) is 5.83. The van der Waals surface area contributed by atoms with Gasteiger partial charge in [0.25, 0.3) is 0 Å². The number of nitrogens with zero attached hydrogens (tertiary/aromatic N) is 2. The zero-order chi connectivity index (χ0) is 8.55. The molecule has 0 aliphatic heterocycles. The number of hydrogen-bond acceptors (Lipinski definition) is 5. The van der Waals surface area contributed by atoms with Crippen LogP contribution in [0.25, 0.3) is 10.2 Å². The van der Waals surface area contributed by atoms with E-state index in [1.807, 2.05) is 12.3 Å². The molecule has 2 aromatic heterocycles. The van der Waals surface area contributed by atoms with E-state index in [0.717, 1.165) is 15.8 Å². The molecule has 2 heterocycles. The van der Waals surface area contributed by atoms with Gasteiger partial charge in [-0.3, -0.25) is 0 Å². The maximum absolute atomic E-state index is 5.29. The second-order valence-electron chi connectivity index (χ2n) is 2.46. The fourth-order valence-electron chi connectivity index (χ4n) is 1.07. The summed E-state index contributed by atoms with van der Waals surface area (Å²) in [7, 11) is 0. The van der Waals surface area contributed by atoms with Crippen molar-refractivity contribution in [2.45, 2.75) is 6.92 Å². The maximum Gasteiger partial charge on any atom is 0.161 e. The van der Waals surface area contributed by atoms with Crippen molar-refractivity contribution in [1.29, 1.82) is 0 Å². The molecule has 0 spiro atoms. The molecule has 0 unspecified atom stereocenters. The molecule has 13 heavy (non-hydrogen) atoms. The molecule has 0 aliphatic rings. The summed E-state index contributed by atoms with van der Waals surface area (Å²) >= 11 is 1.60. The average molecular weight is 217 g/mol. The summed E-state index contributed by atoms with van der Waals surface area (Å²) in [6.07, 6.45) is 1.51. The van der Waals surface area contributed by atoms with Crippen LogP contribution in [0.5, 0.6) is 0 Å². The van der Waals surface area contributed by atoms with Crippen molar-refractivity contribution in [3.8, 4) is 0 Å². The number of aryl methyl sites for hydroxylation is 1. The van der Waals surface area contributed by atoms with Crippen LogP contribution in [0.1, 0.15) is 5.56 Å². The Morgan fingerprint density at radius 3 is 2.92 bits per heavy atom. The van der Waals surface area contributed by atoms with E-state index in [1.165, 1.54) is 6.33 Å². The summed E-state index contributed by atoms with van der Waals surface area (Å²) in [5, 5.41) is 2.04. The van der Waals surface area contributed by atoms with Crippen LogP contribution in [0.4, 0.5) is 5.82 Å². The molecule has 0 bridgehead atoms. The lowest BCUT2D eigenvalue weighted by molar-refractivity contribution is 1.18. The number of anilines is 1. The number of nitrogens with two attached hydrogens (primary N) is 1. The average Bonchev–Trinajstić information content (AvgIpc) is 2.48. The van der Waals surface area contributed by atoms with Crippen LogP contribution in [0, 0.1) is 6.92 Å². The standard InChI is InChI=1S/C7H8N4S.ClH/c1-4-2-12-6-5(4)9-3-10-7(6)11-8;/h2-3H,8H2,1H3,(H,9,10,11);1H. The Morgan fingerprint density at radius 2 is 2.23 bits per heavy atom. The first-order valence-corrected chi connectivity index (χ1v) is 4.36. The van der Waals surface area contributed by atoms with Gasteiger partial charge in [0.2, 0.25) is 0 Å². The Labute approximate surface area is 85.6 Å². The zero-order valence-corrected chi connectivity index (χ0v) is 8.58. The highest BCUT2D eigenvalue weighted by Crippen LogP contribution is 2.27. The monoisotopic (exact) mass is 216 g/mol. The number of fused-ring (bicyclic) bond motifs is 1. The van der Waals surface area contributed by atoms with Crippen molar-refractivity contribution in [1.82, 2.24) is 9.97 Å². The number of nitrogen functional groups attached to an aromatic ring is 1. The minimum absolute atomic E-state index is 0. The number of nitrogens with one attached hydrogen (secondary N) is 1. The van der Waals surface area contributed by atoms with Gasteiger partial charge in [-0.1, -0.05) is 0 Å². The van der Waals surface area contributed by atoms with E-state index in [9.17, 15) is 0 Å². The van der Waals surface area contributed by atoms with E-state index in [4.69, 9.17) is 5.84 Å². The summed E-state index contributed by atoms with van der Waals surface area (Å²) in [6.45, 7) is 2.02. The SMILES string of the molecule is Cc1csc2c(NN)ncnc12.Cl. The predicted molar refractivity (Wildman–Crippen MR) is 57.2 cm³/mol. The minimum atomic E-state index is 0. The number of aromatic nitrogens is 2. The molecule has 70 valence electrons. The van der Waals surface area contributed by atoms with Crippen LogP contribution in [-0.2, 0) is 0 Å². The van der Waals surface area contributed by atoms with Crippen LogP contribution < -0.4 is 11.3 Å². The Hall–Kier alpha value is -0.910. The lowest BCUT2D eigenvalue weighted by atomic mass is 10.3. The van der Waals surface area contributed by atoms with Crippen molar-refractivity contribution < 1.29 is 0 Å².